The van der Waals surface area contributed by atoms with Gasteiger partial charge in [0.25, 0.3) is 0 Å². The van der Waals surface area contributed by atoms with Crippen LogP contribution in [0.25, 0.3) is 0 Å². The van der Waals surface area contributed by atoms with Gasteiger partial charge in [0.1, 0.15) is 0 Å². The number of halogens is 1. The highest BCUT2D eigenvalue weighted by Crippen LogP contribution is 2.14. The first kappa shape index (κ1) is 20.2. The van der Waals surface area contributed by atoms with Crippen LogP contribution in [-0.4, -0.2) is 85.6 Å². The van der Waals surface area contributed by atoms with Crippen molar-refractivity contribution in [3.8, 4) is 0 Å². The second-order valence-electron chi connectivity index (χ2n) is 6.72. The maximum absolute atomic E-state index is 4.48. The van der Waals surface area contributed by atoms with Crippen molar-refractivity contribution in [3.63, 3.8) is 0 Å². The minimum absolute atomic E-state index is 0. The van der Waals surface area contributed by atoms with Crippen LogP contribution in [0, 0.1) is 5.92 Å². The summed E-state index contributed by atoms with van der Waals surface area (Å²) >= 11 is 0. The zero-order chi connectivity index (χ0) is 16.8. The van der Waals surface area contributed by atoms with Gasteiger partial charge in [-0.2, -0.15) is 0 Å². The summed E-state index contributed by atoms with van der Waals surface area (Å²) in [7, 11) is 4.09. The quantitative estimate of drug-likeness (QED) is 0.416. The van der Waals surface area contributed by atoms with E-state index in [1.165, 1.54) is 25.9 Å². The maximum Gasteiger partial charge on any atom is 0.225 e. The first-order valence-corrected chi connectivity index (χ1v) is 8.92. The number of hydrogen-bond acceptors (Lipinski definition) is 5. The summed E-state index contributed by atoms with van der Waals surface area (Å²) in [6.45, 7) is 7.18. The molecule has 1 aromatic heterocycles. The van der Waals surface area contributed by atoms with Crippen molar-refractivity contribution in [1.29, 1.82) is 0 Å². The fourth-order valence-electron chi connectivity index (χ4n) is 3.58. The number of nitrogens with one attached hydrogen (secondary N) is 1. The smallest absolute Gasteiger partial charge is 0.225 e. The van der Waals surface area contributed by atoms with Crippen molar-refractivity contribution in [2.75, 3.05) is 64.8 Å². The Kier molecular flexibility index (Phi) is 8.14. The molecule has 0 aliphatic carbocycles. The molecule has 0 radical (unpaired) electrons. The summed E-state index contributed by atoms with van der Waals surface area (Å²) in [5, 5.41) is 3.58. The molecule has 1 N–H and O–H groups in total. The van der Waals surface area contributed by atoms with Gasteiger partial charge in [0.2, 0.25) is 5.95 Å². The molecule has 2 aliphatic rings. The topological polar surface area (TPSA) is 59.9 Å². The second-order valence-corrected chi connectivity index (χ2v) is 6.72. The molecular weight excluding hydrogens is 429 g/mol. The third kappa shape index (κ3) is 5.67. The number of rotatable bonds is 3. The van der Waals surface area contributed by atoms with Gasteiger partial charge in [-0.15, -0.1) is 24.0 Å². The van der Waals surface area contributed by atoms with Gasteiger partial charge in [-0.3, -0.25) is 4.99 Å². The van der Waals surface area contributed by atoms with Crippen LogP contribution in [0.15, 0.2) is 23.5 Å². The van der Waals surface area contributed by atoms with E-state index in [9.17, 15) is 0 Å². The number of hydrogen-bond donors (Lipinski definition) is 1. The number of nitrogens with zero attached hydrogens (tertiary/aromatic N) is 6. The Morgan fingerprint density at radius 2 is 1.92 bits per heavy atom. The van der Waals surface area contributed by atoms with Crippen LogP contribution in [0.1, 0.15) is 12.8 Å². The lowest BCUT2D eigenvalue weighted by molar-refractivity contribution is 0.209. The van der Waals surface area contributed by atoms with Gasteiger partial charge in [-0.25, -0.2) is 9.97 Å². The molecule has 0 aromatic carbocycles. The zero-order valence-electron chi connectivity index (χ0n) is 15.3. The average molecular weight is 459 g/mol. The highest BCUT2D eigenvalue weighted by Gasteiger charge is 2.22. The standard InChI is InChI=1S/C17H29N7.HI/c1-18-16(21-13-15-5-3-8-22(2)14-15)23-9-11-24(12-10-23)17-19-6-4-7-20-17;/h4,6-7,15H,3,5,8-14H2,1-2H3,(H,18,21);1H. The molecule has 1 aromatic rings. The van der Waals surface area contributed by atoms with E-state index in [1.807, 2.05) is 13.1 Å². The minimum atomic E-state index is 0. The third-order valence-electron chi connectivity index (χ3n) is 4.90. The number of piperazine rings is 1. The Morgan fingerprint density at radius 1 is 1.20 bits per heavy atom. The number of aliphatic imine (C=N–C) groups is 1. The largest absolute Gasteiger partial charge is 0.356 e. The second kappa shape index (κ2) is 10.1. The van der Waals surface area contributed by atoms with Crippen molar-refractivity contribution in [3.05, 3.63) is 18.5 Å². The summed E-state index contributed by atoms with van der Waals surface area (Å²) in [6.07, 6.45) is 6.22. The molecule has 0 bridgehead atoms. The van der Waals surface area contributed by atoms with Crippen molar-refractivity contribution < 1.29 is 0 Å². The Hall–Kier alpha value is -1.16. The van der Waals surface area contributed by atoms with Crippen LogP contribution in [0.2, 0.25) is 0 Å². The van der Waals surface area contributed by atoms with E-state index in [2.05, 4.69) is 42.0 Å². The molecule has 8 heteroatoms. The number of guanidine groups is 1. The van der Waals surface area contributed by atoms with Crippen molar-refractivity contribution in [1.82, 2.24) is 25.1 Å². The lowest BCUT2D eigenvalue weighted by Gasteiger charge is -2.37. The van der Waals surface area contributed by atoms with Gasteiger partial charge >= 0.3 is 0 Å². The van der Waals surface area contributed by atoms with Gasteiger partial charge in [0, 0.05) is 58.7 Å². The predicted molar refractivity (Wildman–Crippen MR) is 113 cm³/mol. The predicted octanol–water partition coefficient (Wildman–Crippen LogP) is 1.13. The molecule has 140 valence electrons. The van der Waals surface area contributed by atoms with E-state index < -0.39 is 0 Å². The van der Waals surface area contributed by atoms with Crippen LogP contribution < -0.4 is 10.2 Å². The summed E-state index contributed by atoms with van der Waals surface area (Å²) in [5.41, 5.74) is 0. The fourth-order valence-corrected chi connectivity index (χ4v) is 3.58. The van der Waals surface area contributed by atoms with Gasteiger partial charge < -0.3 is 20.0 Å². The fraction of sp³-hybridized carbons (Fsp3) is 0.706. The van der Waals surface area contributed by atoms with E-state index in [0.29, 0.717) is 0 Å². The molecule has 2 saturated heterocycles. The molecule has 1 atom stereocenters. The van der Waals surface area contributed by atoms with Gasteiger partial charge in [0.05, 0.1) is 0 Å². The molecule has 25 heavy (non-hydrogen) atoms. The monoisotopic (exact) mass is 459 g/mol. The molecular formula is C17H30IN7. The molecule has 3 rings (SSSR count). The molecule has 0 saturated carbocycles. The number of aromatic nitrogens is 2. The Balaban J connectivity index is 0.00000225. The zero-order valence-corrected chi connectivity index (χ0v) is 17.6. The number of likely N-dealkylation sites (tertiary alicyclic amines) is 1. The van der Waals surface area contributed by atoms with Gasteiger partial charge in [0.15, 0.2) is 5.96 Å². The van der Waals surface area contributed by atoms with Crippen molar-refractivity contribution in [2.45, 2.75) is 12.8 Å². The summed E-state index contributed by atoms with van der Waals surface area (Å²) in [6, 6.07) is 1.86. The van der Waals surface area contributed by atoms with E-state index in [1.54, 1.807) is 12.4 Å². The Morgan fingerprint density at radius 3 is 2.56 bits per heavy atom. The van der Waals surface area contributed by atoms with Crippen LogP contribution in [0.4, 0.5) is 5.95 Å². The number of piperidine rings is 1. The highest BCUT2D eigenvalue weighted by molar-refractivity contribution is 14.0. The molecule has 2 fully saturated rings. The molecule has 2 aliphatic heterocycles. The van der Waals surface area contributed by atoms with E-state index in [0.717, 1.165) is 50.5 Å². The summed E-state index contributed by atoms with van der Waals surface area (Å²) in [4.78, 5) is 20.2. The van der Waals surface area contributed by atoms with Crippen molar-refractivity contribution in [2.24, 2.45) is 10.9 Å². The molecule has 0 amide bonds. The lowest BCUT2D eigenvalue weighted by Crippen LogP contribution is -2.53. The van der Waals surface area contributed by atoms with Crippen LogP contribution in [-0.2, 0) is 0 Å². The number of anilines is 1. The SMILES string of the molecule is CN=C(NCC1CCCN(C)C1)N1CCN(c2ncccn2)CC1.I. The van der Waals surface area contributed by atoms with Crippen molar-refractivity contribution >= 4 is 35.9 Å². The highest BCUT2D eigenvalue weighted by atomic mass is 127. The summed E-state index contributed by atoms with van der Waals surface area (Å²) in [5.74, 6) is 2.57. The van der Waals surface area contributed by atoms with E-state index >= 15 is 0 Å². The van der Waals surface area contributed by atoms with E-state index in [-0.39, 0.29) is 24.0 Å². The van der Waals surface area contributed by atoms with E-state index in [4.69, 9.17) is 0 Å². The normalized spacial score (nSPS) is 22.5. The first-order valence-electron chi connectivity index (χ1n) is 8.92. The lowest BCUT2D eigenvalue weighted by atomic mass is 9.98. The minimum Gasteiger partial charge on any atom is -0.356 e. The van der Waals surface area contributed by atoms with Gasteiger partial charge in [-0.05, 0) is 38.4 Å². The third-order valence-corrected chi connectivity index (χ3v) is 4.90. The Labute approximate surface area is 167 Å². The molecule has 1 unspecified atom stereocenters. The Bertz CT molecular complexity index is 531. The average Bonchev–Trinajstić information content (AvgIpc) is 2.64. The molecule has 3 heterocycles. The van der Waals surface area contributed by atoms with Crippen LogP contribution in [0.5, 0.6) is 0 Å². The van der Waals surface area contributed by atoms with Crippen LogP contribution >= 0.6 is 24.0 Å². The summed E-state index contributed by atoms with van der Waals surface area (Å²) < 4.78 is 0. The molecule has 0 spiro atoms. The van der Waals surface area contributed by atoms with Crippen LogP contribution in [0.3, 0.4) is 0 Å². The van der Waals surface area contributed by atoms with Gasteiger partial charge in [-0.1, -0.05) is 0 Å². The first-order chi connectivity index (χ1) is 11.8. The molecule has 7 nitrogen and oxygen atoms in total. The maximum atomic E-state index is 4.48.